The number of likely N-dealkylation sites (tertiary alicyclic amines) is 1. The molecule has 2 aliphatic heterocycles. The second-order valence-corrected chi connectivity index (χ2v) is 10.1. The molecule has 2 fully saturated rings. The van der Waals surface area contributed by atoms with Gasteiger partial charge in [0.2, 0.25) is 5.91 Å². The summed E-state index contributed by atoms with van der Waals surface area (Å²) in [5.74, 6) is -1.56. The van der Waals surface area contributed by atoms with Crippen molar-refractivity contribution in [3.05, 3.63) is 35.4 Å². The topological polar surface area (TPSA) is 108 Å². The maximum atomic E-state index is 12.3. The fraction of sp³-hybridized carbons (Fsp3) is 0.640. The SMILES string of the molecule is CC(C)(C)OC(=O)N1CCN(CCN2CCCC2)CC1.NC(=O)CNC(=O)c1cccc(C(F)(F)F)c1. The first kappa shape index (κ1) is 30.4. The van der Waals surface area contributed by atoms with Crippen LogP contribution in [-0.4, -0.2) is 97.1 Å². The number of halogens is 3. The Balaban J connectivity index is 0.000000264. The number of alkyl halides is 3. The molecule has 0 aliphatic carbocycles. The van der Waals surface area contributed by atoms with E-state index in [1.807, 2.05) is 25.7 Å². The van der Waals surface area contributed by atoms with Gasteiger partial charge in [-0.15, -0.1) is 0 Å². The van der Waals surface area contributed by atoms with Gasteiger partial charge in [0.05, 0.1) is 12.1 Å². The van der Waals surface area contributed by atoms with Crippen LogP contribution in [0.2, 0.25) is 0 Å². The summed E-state index contributed by atoms with van der Waals surface area (Å²) in [5, 5.41) is 2.10. The second-order valence-electron chi connectivity index (χ2n) is 10.1. The molecule has 37 heavy (non-hydrogen) atoms. The zero-order chi connectivity index (χ0) is 27.6. The maximum absolute atomic E-state index is 12.3. The number of primary amides is 1. The van der Waals surface area contributed by atoms with Crippen molar-refractivity contribution in [1.29, 1.82) is 0 Å². The lowest BCUT2D eigenvalue weighted by Crippen LogP contribution is -2.51. The average molecular weight is 530 g/mol. The van der Waals surface area contributed by atoms with Crippen LogP contribution in [0.4, 0.5) is 18.0 Å². The number of carbonyl (C=O) groups is 3. The molecule has 3 N–H and O–H groups in total. The third-order valence-electron chi connectivity index (χ3n) is 5.83. The summed E-state index contributed by atoms with van der Waals surface area (Å²) in [4.78, 5) is 40.5. The van der Waals surface area contributed by atoms with Gasteiger partial charge in [0, 0.05) is 44.8 Å². The second kappa shape index (κ2) is 13.6. The Hall–Kier alpha value is -2.86. The van der Waals surface area contributed by atoms with Crippen LogP contribution >= 0.6 is 0 Å². The lowest BCUT2D eigenvalue weighted by Gasteiger charge is -2.36. The van der Waals surface area contributed by atoms with Crippen molar-refractivity contribution in [2.24, 2.45) is 5.73 Å². The molecule has 0 atom stereocenters. The highest BCUT2D eigenvalue weighted by Gasteiger charge is 2.31. The first-order valence-corrected chi connectivity index (χ1v) is 12.4. The average Bonchev–Trinajstić information content (AvgIpc) is 3.34. The van der Waals surface area contributed by atoms with Gasteiger partial charge in [-0.2, -0.15) is 13.2 Å². The van der Waals surface area contributed by atoms with E-state index in [1.54, 1.807) is 0 Å². The highest BCUT2D eigenvalue weighted by Crippen LogP contribution is 2.29. The molecule has 2 aliphatic rings. The molecule has 2 heterocycles. The summed E-state index contributed by atoms with van der Waals surface area (Å²) >= 11 is 0. The number of nitrogens with one attached hydrogen (secondary N) is 1. The predicted molar refractivity (Wildman–Crippen MR) is 133 cm³/mol. The maximum Gasteiger partial charge on any atom is 0.416 e. The normalized spacial score (nSPS) is 17.1. The lowest BCUT2D eigenvalue weighted by molar-refractivity contribution is -0.137. The number of nitrogens with two attached hydrogens (primary N) is 1. The number of amides is 3. The van der Waals surface area contributed by atoms with Crippen LogP contribution in [0, 0.1) is 0 Å². The molecule has 0 aromatic heterocycles. The summed E-state index contributed by atoms with van der Waals surface area (Å²) in [7, 11) is 0. The fourth-order valence-electron chi connectivity index (χ4n) is 3.88. The smallest absolute Gasteiger partial charge is 0.416 e. The molecule has 3 rings (SSSR count). The Labute approximate surface area is 216 Å². The quantitative estimate of drug-likeness (QED) is 0.587. The van der Waals surface area contributed by atoms with E-state index in [4.69, 9.17) is 10.5 Å². The van der Waals surface area contributed by atoms with Gasteiger partial charge in [-0.05, 0) is 64.9 Å². The molecule has 0 saturated carbocycles. The minimum absolute atomic E-state index is 0.170. The van der Waals surface area contributed by atoms with Crippen LogP contribution in [0.25, 0.3) is 0 Å². The van der Waals surface area contributed by atoms with Crippen molar-refractivity contribution in [2.75, 3.05) is 58.9 Å². The van der Waals surface area contributed by atoms with Crippen LogP contribution in [0.3, 0.4) is 0 Å². The number of rotatable bonds is 6. The minimum Gasteiger partial charge on any atom is -0.444 e. The zero-order valence-electron chi connectivity index (χ0n) is 21.8. The third-order valence-corrected chi connectivity index (χ3v) is 5.83. The molecule has 0 radical (unpaired) electrons. The van der Waals surface area contributed by atoms with E-state index in [2.05, 4.69) is 15.1 Å². The highest BCUT2D eigenvalue weighted by atomic mass is 19.4. The van der Waals surface area contributed by atoms with E-state index >= 15 is 0 Å². The third kappa shape index (κ3) is 11.4. The van der Waals surface area contributed by atoms with Crippen LogP contribution in [0.1, 0.15) is 49.5 Å². The van der Waals surface area contributed by atoms with Gasteiger partial charge >= 0.3 is 12.3 Å². The molecule has 0 bridgehead atoms. The highest BCUT2D eigenvalue weighted by molar-refractivity contribution is 5.96. The van der Waals surface area contributed by atoms with Gasteiger partial charge in [0.1, 0.15) is 5.60 Å². The van der Waals surface area contributed by atoms with Gasteiger partial charge in [-0.25, -0.2) is 4.79 Å². The summed E-state index contributed by atoms with van der Waals surface area (Å²) in [6.07, 6.45) is -1.98. The van der Waals surface area contributed by atoms with E-state index < -0.39 is 35.7 Å². The number of hydrogen-bond donors (Lipinski definition) is 2. The van der Waals surface area contributed by atoms with E-state index in [0.29, 0.717) is 6.07 Å². The van der Waals surface area contributed by atoms with Crippen molar-refractivity contribution in [2.45, 2.75) is 45.4 Å². The van der Waals surface area contributed by atoms with Gasteiger partial charge in [0.15, 0.2) is 0 Å². The monoisotopic (exact) mass is 529 g/mol. The molecule has 0 spiro atoms. The number of piperazine rings is 1. The van der Waals surface area contributed by atoms with Crippen LogP contribution in [-0.2, 0) is 15.7 Å². The Morgan fingerprint density at radius 2 is 1.51 bits per heavy atom. The van der Waals surface area contributed by atoms with Crippen LogP contribution < -0.4 is 11.1 Å². The molecule has 2 saturated heterocycles. The van der Waals surface area contributed by atoms with E-state index in [1.165, 1.54) is 38.5 Å². The van der Waals surface area contributed by atoms with E-state index in [-0.39, 0.29) is 11.7 Å². The van der Waals surface area contributed by atoms with Gasteiger partial charge < -0.3 is 25.6 Å². The Kier molecular flexibility index (Phi) is 11.2. The van der Waals surface area contributed by atoms with E-state index in [0.717, 1.165) is 44.9 Å². The molecular weight excluding hydrogens is 491 g/mol. The predicted octanol–water partition coefficient (Wildman–Crippen LogP) is 2.56. The Bertz CT molecular complexity index is 906. The van der Waals surface area contributed by atoms with Gasteiger partial charge in [-0.1, -0.05) is 6.07 Å². The molecule has 1 aromatic carbocycles. The van der Waals surface area contributed by atoms with Crippen molar-refractivity contribution >= 4 is 17.9 Å². The Morgan fingerprint density at radius 1 is 0.946 bits per heavy atom. The molecule has 9 nitrogen and oxygen atoms in total. The number of carbonyl (C=O) groups excluding carboxylic acids is 3. The lowest BCUT2D eigenvalue weighted by atomic mass is 10.1. The standard InChI is InChI=1S/C15H29N3O2.C10H9F3N2O2/c1-15(2,3)20-14(19)18-12-10-17(11-13-18)9-8-16-6-4-5-7-16;11-10(12,13)7-3-1-2-6(4-7)9(17)15-5-8(14)16/h4-13H2,1-3H3;1-4H,5H2,(H2,14,16)(H,15,17). The summed E-state index contributed by atoms with van der Waals surface area (Å²) in [6, 6.07) is 3.88. The molecule has 12 heteroatoms. The fourth-order valence-corrected chi connectivity index (χ4v) is 3.88. The number of hydrogen-bond acceptors (Lipinski definition) is 6. The van der Waals surface area contributed by atoms with Crippen molar-refractivity contribution in [3.8, 4) is 0 Å². The summed E-state index contributed by atoms with van der Waals surface area (Å²) in [5.41, 5.74) is 3.28. The van der Waals surface area contributed by atoms with Crippen LogP contribution in [0.15, 0.2) is 24.3 Å². The Morgan fingerprint density at radius 3 is 2.03 bits per heavy atom. The molecule has 1 aromatic rings. The molecule has 0 unspecified atom stereocenters. The van der Waals surface area contributed by atoms with Gasteiger partial charge in [-0.3, -0.25) is 14.5 Å². The van der Waals surface area contributed by atoms with Crippen molar-refractivity contribution in [1.82, 2.24) is 20.0 Å². The number of nitrogens with zero attached hydrogens (tertiary/aromatic N) is 3. The summed E-state index contributed by atoms with van der Waals surface area (Å²) < 4.78 is 42.4. The first-order valence-electron chi connectivity index (χ1n) is 12.4. The first-order chi connectivity index (χ1) is 17.2. The molecular formula is C25H38F3N5O4. The molecule has 3 amide bonds. The van der Waals surface area contributed by atoms with Crippen molar-refractivity contribution in [3.63, 3.8) is 0 Å². The minimum atomic E-state index is -4.51. The molecule has 208 valence electrons. The largest absolute Gasteiger partial charge is 0.444 e. The number of ether oxygens (including phenoxy) is 1. The van der Waals surface area contributed by atoms with Gasteiger partial charge in [0.25, 0.3) is 5.91 Å². The van der Waals surface area contributed by atoms with Crippen molar-refractivity contribution < 1.29 is 32.3 Å². The number of benzene rings is 1. The van der Waals surface area contributed by atoms with E-state index in [9.17, 15) is 27.6 Å². The van der Waals surface area contributed by atoms with Crippen LogP contribution in [0.5, 0.6) is 0 Å². The summed E-state index contributed by atoms with van der Waals surface area (Å²) in [6.45, 7) is 13.6. The zero-order valence-corrected chi connectivity index (χ0v) is 21.8.